The van der Waals surface area contributed by atoms with Crippen LogP contribution in [0.1, 0.15) is 83.2 Å². The molecule has 41 heavy (non-hydrogen) atoms. The SMILES string of the molecule is CC(C)(C)OC(=O)N1CCC(F)(CN2CCC(n3cc(C4CC4)c4cc(NC(=O)CCNC=O)cnc43)CC2)CC1. The Bertz CT molecular complexity index is 1250. The van der Waals surface area contributed by atoms with Crippen LogP contribution in [0.15, 0.2) is 18.5 Å². The monoisotopic (exact) mass is 570 g/mol. The number of anilines is 1. The molecule has 2 aromatic heterocycles. The average Bonchev–Trinajstić information content (AvgIpc) is 3.69. The van der Waals surface area contributed by atoms with Gasteiger partial charge in [-0.05, 0) is 64.0 Å². The fourth-order valence-corrected chi connectivity index (χ4v) is 6.02. The largest absolute Gasteiger partial charge is 0.444 e. The van der Waals surface area contributed by atoms with Crippen LogP contribution in [0.2, 0.25) is 0 Å². The molecule has 0 bridgehead atoms. The van der Waals surface area contributed by atoms with E-state index in [0.29, 0.717) is 57.0 Å². The highest BCUT2D eigenvalue weighted by molar-refractivity contribution is 5.94. The van der Waals surface area contributed by atoms with Crippen LogP contribution in [0.3, 0.4) is 0 Å². The van der Waals surface area contributed by atoms with E-state index in [4.69, 9.17) is 9.72 Å². The zero-order valence-corrected chi connectivity index (χ0v) is 24.5. The number of carbonyl (C=O) groups excluding carboxylic acids is 3. The fourth-order valence-electron chi connectivity index (χ4n) is 6.02. The molecular weight excluding hydrogens is 527 g/mol. The number of alkyl halides is 1. The van der Waals surface area contributed by atoms with Crippen molar-refractivity contribution < 1.29 is 23.5 Å². The summed E-state index contributed by atoms with van der Waals surface area (Å²) in [5.74, 6) is 0.364. The third kappa shape index (κ3) is 7.36. The van der Waals surface area contributed by atoms with E-state index in [0.717, 1.165) is 49.8 Å². The first-order valence-corrected chi connectivity index (χ1v) is 14.9. The predicted molar refractivity (Wildman–Crippen MR) is 155 cm³/mol. The van der Waals surface area contributed by atoms with E-state index in [1.807, 2.05) is 26.8 Å². The van der Waals surface area contributed by atoms with Crippen LogP contribution >= 0.6 is 0 Å². The van der Waals surface area contributed by atoms with Crippen LogP contribution in [0.25, 0.3) is 11.0 Å². The molecule has 5 rings (SSSR count). The molecule has 11 heteroatoms. The van der Waals surface area contributed by atoms with Gasteiger partial charge in [0.15, 0.2) is 0 Å². The molecule has 4 heterocycles. The van der Waals surface area contributed by atoms with Crippen LogP contribution in [-0.2, 0) is 14.3 Å². The average molecular weight is 571 g/mol. The Hall–Kier alpha value is -3.21. The third-order valence-corrected chi connectivity index (χ3v) is 8.35. The lowest BCUT2D eigenvalue weighted by Gasteiger charge is -2.41. The quantitative estimate of drug-likeness (QED) is 0.343. The first kappa shape index (κ1) is 29.3. The first-order valence-electron chi connectivity index (χ1n) is 14.9. The van der Waals surface area contributed by atoms with Crippen molar-refractivity contribution >= 4 is 35.1 Å². The number of piperidine rings is 2. The normalized spacial score (nSPS) is 20.1. The summed E-state index contributed by atoms with van der Waals surface area (Å²) in [6.45, 7) is 8.60. The number of nitrogens with one attached hydrogen (secondary N) is 2. The topological polar surface area (TPSA) is 109 Å². The Morgan fingerprint density at radius 3 is 2.49 bits per heavy atom. The Morgan fingerprint density at radius 1 is 1.15 bits per heavy atom. The molecule has 0 spiro atoms. The summed E-state index contributed by atoms with van der Waals surface area (Å²) in [6, 6.07) is 2.30. The van der Waals surface area contributed by atoms with Crippen molar-refractivity contribution in [2.75, 3.05) is 44.6 Å². The number of hydrogen-bond acceptors (Lipinski definition) is 6. The molecule has 1 saturated carbocycles. The molecule has 2 aromatic rings. The standard InChI is InChI=1S/C30H43FN6O4/c1-29(2,3)41-28(40)36-14-9-30(31,10-15-36)19-35-12-7-23(8-13-35)37-18-25(21-4-5-21)24-16-22(17-33-27(24)37)34-26(39)6-11-32-20-38/h16-18,20-21,23H,4-15,19H2,1-3H3,(H,32,38)(H,34,39). The minimum absolute atomic E-state index is 0.165. The van der Waals surface area contributed by atoms with E-state index < -0.39 is 11.3 Å². The van der Waals surface area contributed by atoms with Crippen LogP contribution < -0.4 is 10.6 Å². The molecule has 2 N–H and O–H groups in total. The molecule has 0 aromatic carbocycles. The number of aromatic nitrogens is 2. The number of amides is 3. The van der Waals surface area contributed by atoms with Crippen molar-refractivity contribution in [3.8, 4) is 0 Å². The molecule has 0 atom stereocenters. The number of pyridine rings is 1. The van der Waals surface area contributed by atoms with E-state index in [2.05, 4.69) is 26.3 Å². The zero-order valence-electron chi connectivity index (χ0n) is 24.5. The summed E-state index contributed by atoms with van der Waals surface area (Å²) in [5.41, 5.74) is 1.03. The van der Waals surface area contributed by atoms with Crippen molar-refractivity contribution in [2.45, 2.75) is 88.9 Å². The number of nitrogens with zero attached hydrogens (tertiary/aromatic N) is 4. The number of rotatable bonds is 9. The van der Waals surface area contributed by atoms with Crippen molar-refractivity contribution in [2.24, 2.45) is 0 Å². The molecule has 3 fully saturated rings. The van der Waals surface area contributed by atoms with E-state index in [9.17, 15) is 14.4 Å². The molecule has 2 aliphatic heterocycles. The maximum absolute atomic E-state index is 15.8. The fraction of sp³-hybridized carbons (Fsp3) is 0.667. The highest BCUT2D eigenvalue weighted by Crippen LogP contribution is 2.45. The Kier molecular flexibility index (Phi) is 8.54. The van der Waals surface area contributed by atoms with Gasteiger partial charge in [0.05, 0.1) is 11.9 Å². The van der Waals surface area contributed by atoms with E-state index in [1.54, 1.807) is 11.1 Å². The summed E-state index contributed by atoms with van der Waals surface area (Å²) in [4.78, 5) is 43.7. The minimum atomic E-state index is -1.30. The van der Waals surface area contributed by atoms with Gasteiger partial charge in [0.1, 0.15) is 16.9 Å². The number of carbonyl (C=O) groups is 3. The summed E-state index contributed by atoms with van der Waals surface area (Å²) in [5, 5.41) is 6.48. The number of likely N-dealkylation sites (tertiary alicyclic amines) is 2. The van der Waals surface area contributed by atoms with Crippen molar-refractivity contribution in [1.29, 1.82) is 0 Å². The molecule has 2 saturated heterocycles. The van der Waals surface area contributed by atoms with Crippen LogP contribution in [-0.4, -0.2) is 88.3 Å². The van der Waals surface area contributed by atoms with Gasteiger partial charge in [-0.2, -0.15) is 0 Å². The lowest BCUT2D eigenvalue weighted by molar-refractivity contribution is -0.116. The molecule has 0 radical (unpaired) electrons. The van der Waals surface area contributed by atoms with Gasteiger partial charge in [-0.1, -0.05) is 0 Å². The Balaban J connectivity index is 1.18. The molecule has 1 aliphatic carbocycles. The summed E-state index contributed by atoms with van der Waals surface area (Å²) >= 11 is 0. The molecule has 224 valence electrons. The van der Waals surface area contributed by atoms with Crippen molar-refractivity contribution in [1.82, 2.24) is 24.7 Å². The maximum Gasteiger partial charge on any atom is 0.410 e. The van der Waals surface area contributed by atoms with Crippen LogP contribution in [0.5, 0.6) is 0 Å². The number of hydrogen-bond donors (Lipinski definition) is 2. The number of fused-ring (bicyclic) bond motifs is 1. The first-order chi connectivity index (χ1) is 19.5. The van der Waals surface area contributed by atoms with E-state index in [1.165, 1.54) is 5.56 Å². The zero-order chi connectivity index (χ0) is 29.2. The lowest BCUT2D eigenvalue weighted by atomic mass is 9.91. The minimum Gasteiger partial charge on any atom is -0.444 e. The highest BCUT2D eigenvalue weighted by atomic mass is 19.1. The van der Waals surface area contributed by atoms with Gasteiger partial charge in [0, 0.05) is 76.2 Å². The van der Waals surface area contributed by atoms with Crippen LogP contribution in [0, 0.1) is 0 Å². The molecule has 10 nitrogen and oxygen atoms in total. The second kappa shape index (κ2) is 12.0. The van der Waals surface area contributed by atoms with Gasteiger partial charge >= 0.3 is 6.09 Å². The van der Waals surface area contributed by atoms with Crippen LogP contribution in [0.4, 0.5) is 14.9 Å². The molecular formula is C30H43FN6O4. The Morgan fingerprint density at radius 2 is 1.85 bits per heavy atom. The predicted octanol–water partition coefficient (Wildman–Crippen LogP) is 4.36. The second-order valence-corrected chi connectivity index (χ2v) is 12.9. The van der Waals surface area contributed by atoms with Gasteiger partial charge in [0.2, 0.25) is 12.3 Å². The summed E-state index contributed by atoms with van der Waals surface area (Å²) < 4.78 is 23.5. The summed E-state index contributed by atoms with van der Waals surface area (Å²) in [7, 11) is 0. The lowest BCUT2D eigenvalue weighted by Crippen LogP contribution is -2.51. The van der Waals surface area contributed by atoms with E-state index >= 15 is 4.39 Å². The highest BCUT2D eigenvalue weighted by Gasteiger charge is 2.39. The molecule has 3 aliphatic rings. The van der Waals surface area contributed by atoms with Crippen molar-refractivity contribution in [3.63, 3.8) is 0 Å². The maximum atomic E-state index is 15.8. The molecule has 0 unspecified atom stereocenters. The van der Waals surface area contributed by atoms with E-state index in [-0.39, 0.29) is 24.5 Å². The number of ether oxygens (including phenoxy) is 1. The van der Waals surface area contributed by atoms with Gasteiger partial charge < -0.3 is 29.7 Å². The van der Waals surface area contributed by atoms with Crippen molar-refractivity contribution in [3.05, 3.63) is 24.0 Å². The van der Waals surface area contributed by atoms with Gasteiger partial charge in [0.25, 0.3) is 0 Å². The summed E-state index contributed by atoms with van der Waals surface area (Å²) in [6.07, 6.45) is 9.19. The smallest absolute Gasteiger partial charge is 0.410 e. The third-order valence-electron chi connectivity index (χ3n) is 8.35. The van der Waals surface area contributed by atoms with Gasteiger partial charge in [-0.25, -0.2) is 14.2 Å². The number of halogens is 1. The Labute approximate surface area is 241 Å². The molecule has 3 amide bonds. The van der Waals surface area contributed by atoms with Gasteiger partial charge in [-0.3, -0.25) is 9.59 Å². The second-order valence-electron chi connectivity index (χ2n) is 12.9. The van der Waals surface area contributed by atoms with Gasteiger partial charge in [-0.15, -0.1) is 0 Å².